The summed E-state index contributed by atoms with van der Waals surface area (Å²) in [5, 5.41) is 4.19. The highest BCUT2D eigenvalue weighted by atomic mass is 32.2. The van der Waals surface area contributed by atoms with Crippen LogP contribution in [-0.2, 0) is 67.7 Å². The van der Waals surface area contributed by atoms with Gasteiger partial charge in [-0.15, -0.1) is 0 Å². The minimum Gasteiger partial charge on any atom is -0.368 e. The van der Waals surface area contributed by atoms with Crippen LogP contribution in [0.5, 0.6) is 0 Å². The molecule has 1 heterocycles. The van der Waals surface area contributed by atoms with E-state index in [0.29, 0.717) is 22.3 Å². The molecule has 0 radical (unpaired) electrons. The maximum absolute atomic E-state index is 15.2. The fraction of sp³-hybridized carbons (Fsp3) is 0.353. The molecule has 274 valence electrons. The summed E-state index contributed by atoms with van der Waals surface area (Å²) in [6.45, 7) is 2.32. The summed E-state index contributed by atoms with van der Waals surface area (Å²) in [5.74, 6) is -2.81. The fourth-order valence-corrected chi connectivity index (χ4v) is 8.43. The summed E-state index contributed by atoms with van der Waals surface area (Å²) < 4.78 is 79.2. The van der Waals surface area contributed by atoms with Crippen LogP contribution in [0.4, 0.5) is 8.78 Å². The quantitative estimate of drug-likeness (QED) is 0.150. The maximum Gasteiger partial charge on any atom is 0.404 e. The van der Waals surface area contributed by atoms with E-state index in [1.54, 1.807) is 42.5 Å². The van der Waals surface area contributed by atoms with E-state index in [-0.39, 0.29) is 38.9 Å². The lowest BCUT2D eigenvalue weighted by molar-refractivity contribution is -0.131. The lowest BCUT2D eigenvalue weighted by atomic mass is 10.0. The molecular formula is C34H39F2N4O9PS. The largest absolute Gasteiger partial charge is 0.404 e. The number of amides is 4. The average Bonchev–Trinajstić information content (AvgIpc) is 3.36. The number of nitrogens with two attached hydrogens (primary N) is 1. The average molecular weight is 749 g/mol. The Labute approximate surface area is 294 Å². The van der Waals surface area contributed by atoms with Crippen LogP contribution in [0, 0.1) is 0 Å². The predicted octanol–water partition coefficient (Wildman–Crippen LogP) is 3.38. The van der Waals surface area contributed by atoms with Crippen LogP contribution >= 0.6 is 7.60 Å². The molecule has 0 saturated carbocycles. The Morgan fingerprint density at radius 2 is 1.43 bits per heavy atom. The van der Waals surface area contributed by atoms with Crippen molar-refractivity contribution in [2.24, 2.45) is 5.73 Å². The number of carbonyl (C=O) groups is 4. The molecule has 3 aromatic rings. The van der Waals surface area contributed by atoms with Crippen molar-refractivity contribution in [2.75, 3.05) is 13.2 Å². The van der Waals surface area contributed by atoms with Crippen molar-refractivity contribution >= 4 is 41.2 Å². The van der Waals surface area contributed by atoms with Crippen molar-refractivity contribution in [3.8, 4) is 0 Å². The molecule has 1 aliphatic rings. The highest BCUT2D eigenvalue weighted by Crippen LogP contribution is 2.66. The van der Waals surface area contributed by atoms with Gasteiger partial charge in [-0.25, -0.2) is 8.42 Å². The Balaban J connectivity index is 1.46. The minimum atomic E-state index is -4.83. The molecule has 0 aliphatic carbocycles. The molecule has 1 fully saturated rings. The smallest absolute Gasteiger partial charge is 0.368 e. The van der Waals surface area contributed by atoms with E-state index >= 15 is 8.78 Å². The van der Waals surface area contributed by atoms with Gasteiger partial charge in [0.25, 0.3) is 0 Å². The molecule has 1 aliphatic heterocycles. The molecule has 0 bridgehead atoms. The molecule has 17 heteroatoms. The number of alkyl halides is 2. The number of hydrogen-bond donors (Lipinski definition) is 4. The number of carbonyl (C=O) groups excluding carboxylic acids is 4. The number of hydrogen-bond acceptors (Lipinski definition) is 9. The van der Waals surface area contributed by atoms with Crippen molar-refractivity contribution in [3.05, 3.63) is 107 Å². The highest BCUT2D eigenvalue weighted by Gasteiger charge is 2.54. The first-order valence-electron chi connectivity index (χ1n) is 16.0. The van der Waals surface area contributed by atoms with Crippen LogP contribution in [0.3, 0.4) is 0 Å². The summed E-state index contributed by atoms with van der Waals surface area (Å²) in [6, 6.07) is 17.1. The Morgan fingerprint density at radius 3 is 1.96 bits per heavy atom. The van der Waals surface area contributed by atoms with Crippen LogP contribution < -0.4 is 21.1 Å². The fourth-order valence-electron chi connectivity index (χ4n) is 5.46. The first kappa shape index (κ1) is 39.3. The number of primary amides is 1. The summed E-state index contributed by atoms with van der Waals surface area (Å²) >= 11 is 0. The molecule has 4 amide bonds. The van der Waals surface area contributed by atoms with E-state index in [0.717, 1.165) is 12.1 Å². The lowest BCUT2D eigenvalue weighted by Crippen LogP contribution is -2.54. The molecule has 0 spiro atoms. The second-order valence-corrected chi connectivity index (χ2v) is 15.7. The molecule has 13 nitrogen and oxygen atoms in total. The van der Waals surface area contributed by atoms with Gasteiger partial charge < -0.3 is 25.4 Å². The van der Waals surface area contributed by atoms with Crippen LogP contribution in [0.2, 0.25) is 0 Å². The minimum absolute atomic E-state index is 0.0382. The van der Waals surface area contributed by atoms with Crippen molar-refractivity contribution in [2.45, 2.75) is 62.5 Å². The van der Waals surface area contributed by atoms with Crippen molar-refractivity contribution in [3.63, 3.8) is 0 Å². The Morgan fingerprint density at radius 1 is 0.882 bits per heavy atom. The first-order chi connectivity index (χ1) is 24.1. The SMILES string of the molecule is CCOP(=O)(OCC)C(F)(F)c1ccc(CC(=O)NC(Cc2ccccc2)C(=O)N[C@@H](Cc2ccc([C@@H]3CC(=O)NS3(=O)=O)cc2)C(N)=O)cc1. The normalized spacial score (nSPS) is 16.9. The molecule has 3 aromatic carbocycles. The van der Waals surface area contributed by atoms with Crippen LogP contribution in [0.25, 0.3) is 0 Å². The Hall–Kier alpha value is -4.50. The lowest BCUT2D eigenvalue weighted by Gasteiger charge is -2.26. The molecule has 3 atom stereocenters. The van der Waals surface area contributed by atoms with E-state index in [4.69, 9.17) is 14.8 Å². The Kier molecular flexibility index (Phi) is 12.8. The second kappa shape index (κ2) is 16.7. The van der Waals surface area contributed by atoms with Crippen LogP contribution in [-0.4, -0.2) is 57.3 Å². The van der Waals surface area contributed by atoms with Gasteiger partial charge in [0.1, 0.15) is 17.3 Å². The molecule has 0 aromatic heterocycles. The van der Waals surface area contributed by atoms with E-state index in [9.17, 15) is 32.2 Å². The zero-order chi connectivity index (χ0) is 37.4. The number of benzene rings is 3. The third-order valence-corrected chi connectivity index (χ3v) is 11.8. The highest BCUT2D eigenvalue weighted by molar-refractivity contribution is 7.90. The summed E-state index contributed by atoms with van der Waals surface area (Å²) in [4.78, 5) is 50.8. The molecule has 51 heavy (non-hydrogen) atoms. The third-order valence-electron chi connectivity index (χ3n) is 8.00. The molecule has 1 saturated heterocycles. The van der Waals surface area contributed by atoms with Gasteiger partial charge in [-0.1, -0.05) is 78.9 Å². The zero-order valence-corrected chi connectivity index (χ0v) is 29.6. The summed E-state index contributed by atoms with van der Waals surface area (Å²) in [7, 11) is -8.68. The molecule has 1 unspecified atom stereocenters. The van der Waals surface area contributed by atoms with Gasteiger partial charge >= 0.3 is 13.3 Å². The van der Waals surface area contributed by atoms with Gasteiger partial charge in [0, 0.05) is 18.4 Å². The number of sulfonamides is 1. The first-order valence-corrected chi connectivity index (χ1v) is 19.1. The maximum atomic E-state index is 15.2. The van der Waals surface area contributed by atoms with Gasteiger partial charge in [0.05, 0.1) is 26.1 Å². The number of halogens is 2. The van der Waals surface area contributed by atoms with Crippen molar-refractivity contribution in [1.82, 2.24) is 15.4 Å². The van der Waals surface area contributed by atoms with Gasteiger partial charge in [0.2, 0.25) is 33.7 Å². The van der Waals surface area contributed by atoms with E-state index in [2.05, 4.69) is 10.6 Å². The Bertz CT molecular complexity index is 1870. The molecule has 4 rings (SSSR count). The summed E-state index contributed by atoms with van der Waals surface area (Å²) in [6.07, 6.45) is -0.541. The second-order valence-electron chi connectivity index (χ2n) is 11.7. The number of nitrogens with one attached hydrogen (secondary N) is 3. The van der Waals surface area contributed by atoms with Crippen LogP contribution in [0.15, 0.2) is 78.9 Å². The molecular weight excluding hydrogens is 709 g/mol. The van der Waals surface area contributed by atoms with Crippen LogP contribution in [0.1, 0.15) is 53.3 Å². The predicted molar refractivity (Wildman–Crippen MR) is 183 cm³/mol. The van der Waals surface area contributed by atoms with Crippen molar-refractivity contribution < 1.29 is 50.0 Å². The third kappa shape index (κ3) is 9.85. The van der Waals surface area contributed by atoms with Gasteiger partial charge in [-0.3, -0.25) is 28.5 Å². The number of rotatable bonds is 17. The molecule has 5 N–H and O–H groups in total. The topological polar surface area (TPSA) is 200 Å². The zero-order valence-electron chi connectivity index (χ0n) is 27.8. The van der Waals surface area contributed by atoms with Crippen molar-refractivity contribution in [1.29, 1.82) is 0 Å². The monoisotopic (exact) mass is 748 g/mol. The van der Waals surface area contributed by atoms with Gasteiger partial charge in [-0.05, 0) is 36.1 Å². The summed E-state index contributed by atoms with van der Waals surface area (Å²) in [5.41, 5.74) is 2.97. The van der Waals surface area contributed by atoms with E-state index in [1.165, 1.54) is 38.1 Å². The van der Waals surface area contributed by atoms with Gasteiger partial charge in [-0.2, -0.15) is 8.78 Å². The van der Waals surface area contributed by atoms with Gasteiger partial charge in [0.15, 0.2) is 0 Å². The van der Waals surface area contributed by atoms with E-state index in [1.807, 2.05) is 4.72 Å². The van der Waals surface area contributed by atoms with E-state index < -0.39 is 69.8 Å². The standard InChI is InChI=1S/C34H39F2N4O9PS/c1-3-48-50(45,49-4-2)34(35,36)26-16-12-24(13-17-26)20-30(41)38-28(19-22-8-6-5-7-9-22)33(44)39-27(32(37)43)18-23-10-14-25(15-11-23)29-21-31(42)40-51(29,46)47/h5-17,27-29H,3-4,18-21H2,1-2H3,(H2,37,43)(H,38,41)(H,39,44)(H,40,42)/t27-,28?,29-/m0/s1.